The molecule has 0 aliphatic carbocycles. The van der Waals surface area contributed by atoms with Crippen molar-refractivity contribution < 1.29 is 9.32 Å². The first-order valence-electron chi connectivity index (χ1n) is 10.3. The Labute approximate surface area is 180 Å². The summed E-state index contributed by atoms with van der Waals surface area (Å²) in [7, 11) is 0. The summed E-state index contributed by atoms with van der Waals surface area (Å²) in [6.07, 6.45) is 1.72. The third-order valence-electron chi connectivity index (χ3n) is 5.34. The van der Waals surface area contributed by atoms with E-state index in [-0.39, 0.29) is 11.3 Å². The van der Waals surface area contributed by atoms with E-state index in [2.05, 4.69) is 46.0 Å². The predicted molar refractivity (Wildman–Crippen MR) is 116 cm³/mol. The number of hydrogen-bond donors (Lipinski definition) is 1. The molecule has 0 unspecified atom stereocenters. The van der Waals surface area contributed by atoms with E-state index >= 15 is 0 Å². The SMILES string of the molecule is CC(C)(C)c1cc(C(=O)N2CCN(CCCc3nc(-c4cccs4)no3)CC2)n[nH]1. The molecule has 0 atom stereocenters. The van der Waals surface area contributed by atoms with Crippen molar-refractivity contribution in [3.8, 4) is 10.7 Å². The zero-order chi connectivity index (χ0) is 21.1. The highest BCUT2D eigenvalue weighted by atomic mass is 32.1. The van der Waals surface area contributed by atoms with Crippen molar-refractivity contribution in [3.05, 3.63) is 40.9 Å². The lowest BCUT2D eigenvalue weighted by molar-refractivity contribution is 0.0630. The summed E-state index contributed by atoms with van der Waals surface area (Å²) in [5, 5.41) is 13.3. The van der Waals surface area contributed by atoms with Gasteiger partial charge in [0.15, 0.2) is 0 Å². The van der Waals surface area contributed by atoms with E-state index in [1.54, 1.807) is 11.3 Å². The van der Waals surface area contributed by atoms with Crippen molar-refractivity contribution in [2.45, 2.75) is 39.0 Å². The second-order valence-corrected chi connectivity index (χ2v) is 9.59. The first kappa shape index (κ1) is 20.7. The second-order valence-electron chi connectivity index (χ2n) is 8.64. The minimum Gasteiger partial charge on any atom is -0.339 e. The minimum absolute atomic E-state index is 0.00775. The highest BCUT2D eigenvalue weighted by Crippen LogP contribution is 2.22. The van der Waals surface area contributed by atoms with Crippen LogP contribution in [0, 0.1) is 0 Å². The van der Waals surface area contributed by atoms with E-state index in [0.29, 0.717) is 17.4 Å². The minimum atomic E-state index is -0.0485. The van der Waals surface area contributed by atoms with Crippen LogP contribution in [0.5, 0.6) is 0 Å². The molecule has 1 N–H and O–H groups in total. The van der Waals surface area contributed by atoms with E-state index in [0.717, 1.165) is 56.1 Å². The number of rotatable bonds is 6. The number of H-pyrrole nitrogens is 1. The van der Waals surface area contributed by atoms with E-state index in [9.17, 15) is 4.79 Å². The van der Waals surface area contributed by atoms with Crippen LogP contribution in [-0.4, -0.2) is 68.8 Å². The van der Waals surface area contributed by atoms with Gasteiger partial charge >= 0.3 is 0 Å². The Bertz CT molecular complexity index is 964. The van der Waals surface area contributed by atoms with Gasteiger partial charge in [0.25, 0.3) is 5.91 Å². The van der Waals surface area contributed by atoms with Gasteiger partial charge in [0.05, 0.1) is 4.88 Å². The first-order valence-corrected chi connectivity index (χ1v) is 11.2. The summed E-state index contributed by atoms with van der Waals surface area (Å²) in [5.41, 5.74) is 1.44. The summed E-state index contributed by atoms with van der Waals surface area (Å²) in [5.74, 6) is 1.36. The fourth-order valence-corrected chi connectivity index (χ4v) is 4.12. The van der Waals surface area contributed by atoms with Crippen LogP contribution in [0.3, 0.4) is 0 Å². The maximum atomic E-state index is 12.7. The molecule has 0 aromatic carbocycles. The summed E-state index contributed by atoms with van der Waals surface area (Å²) in [6.45, 7) is 10.4. The molecular weight excluding hydrogens is 400 g/mol. The molecule has 3 aromatic heterocycles. The van der Waals surface area contributed by atoms with E-state index in [1.807, 2.05) is 28.5 Å². The van der Waals surface area contributed by atoms with Gasteiger partial charge in [0.2, 0.25) is 11.7 Å². The third-order valence-corrected chi connectivity index (χ3v) is 6.20. The Hall–Kier alpha value is -2.52. The lowest BCUT2D eigenvalue weighted by atomic mass is 9.92. The van der Waals surface area contributed by atoms with Crippen molar-refractivity contribution >= 4 is 17.2 Å². The van der Waals surface area contributed by atoms with Crippen molar-refractivity contribution in [1.82, 2.24) is 30.1 Å². The molecule has 0 radical (unpaired) electrons. The van der Waals surface area contributed by atoms with Gasteiger partial charge in [0, 0.05) is 43.7 Å². The van der Waals surface area contributed by atoms with Gasteiger partial charge in [0.1, 0.15) is 5.69 Å². The fraction of sp³-hybridized carbons (Fsp3) is 0.524. The molecule has 1 saturated heterocycles. The number of aryl methyl sites for hydroxylation is 1. The topological polar surface area (TPSA) is 91.2 Å². The molecule has 4 rings (SSSR count). The molecule has 1 aliphatic rings. The number of piperazine rings is 1. The number of carbonyl (C=O) groups excluding carboxylic acids is 1. The Morgan fingerprint density at radius 1 is 1.27 bits per heavy atom. The number of aromatic amines is 1. The van der Waals surface area contributed by atoms with Gasteiger partial charge < -0.3 is 9.42 Å². The number of aromatic nitrogens is 4. The zero-order valence-corrected chi connectivity index (χ0v) is 18.5. The Kier molecular flexibility index (Phi) is 6.01. The summed E-state index contributed by atoms with van der Waals surface area (Å²) in [4.78, 5) is 22.5. The van der Waals surface area contributed by atoms with Crippen LogP contribution in [-0.2, 0) is 11.8 Å². The molecule has 9 heteroatoms. The van der Waals surface area contributed by atoms with Crippen LogP contribution in [0.15, 0.2) is 28.1 Å². The molecule has 3 aromatic rings. The Morgan fingerprint density at radius 3 is 2.73 bits per heavy atom. The van der Waals surface area contributed by atoms with Crippen molar-refractivity contribution in [1.29, 1.82) is 0 Å². The van der Waals surface area contributed by atoms with E-state index in [4.69, 9.17) is 4.52 Å². The number of thiophene rings is 1. The fourth-order valence-electron chi connectivity index (χ4n) is 3.47. The lowest BCUT2D eigenvalue weighted by Crippen LogP contribution is -2.49. The summed E-state index contributed by atoms with van der Waals surface area (Å²) in [6, 6.07) is 5.85. The summed E-state index contributed by atoms with van der Waals surface area (Å²) < 4.78 is 5.37. The lowest BCUT2D eigenvalue weighted by Gasteiger charge is -2.34. The van der Waals surface area contributed by atoms with Gasteiger partial charge in [-0.15, -0.1) is 11.3 Å². The van der Waals surface area contributed by atoms with Crippen molar-refractivity contribution in [2.75, 3.05) is 32.7 Å². The number of hydrogen-bond acceptors (Lipinski definition) is 7. The molecule has 1 aliphatic heterocycles. The van der Waals surface area contributed by atoms with Gasteiger partial charge in [-0.05, 0) is 30.5 Å². The van der Waals surface area contributed by atoms with Gasteiger partial charge in [-0.1, -0.05) is 32.0 Å². The Balaban J connectivity index is 1.21. The number of nitrogens with zero attached hydrogens (tertiary/aromatic N) is 5. The van der Waals surface area contributed by atoms with Crippen LogP contribution in [0.4, 0.5) is 0 Å². The van der Waals surface area contributed by atoms with Gasteiger partial charge in [-0.25, -0.2) is 0 Å². The molecule has 160 valence electrons. The van der Waals surface area contributed by atoms with E-state index < -0.39 is 0 Å². The van der Waals surface area contributed by atoms with Crippen LogP contribution in [0.25, 0.3) is 10.7 Å². The molecule has 1 amide bonds. The van der Waals surface area contributed by atoms with Crippen LogP contribution in [0.2, 0.25) is 0 Å². The maximum absolute atomic E-state index is 12.7. The van der Waals surface area contributed by atoms with Crippen molar-refractivity contribution in [2.24, 2.45) is 0 Å². The highest BCUT2D eigenvalue weighted by molar-refractivity contribution is 7.13. The second kappa shape index (κ2) is 8.69. The molecule has 0 saturated carbocycles. The molecule has 30 heavy (non-hydrogen) atoms. The van der Waals surface area contributed by atoms with Crippen LogP contribution >= 0.6 is 11.3 Å². The average molecular weight is 429 g/mol. The maximum Gasteiger partial charge on any atom is 0.274 e. The molecule has 0 spiro atoms. The standard InChI is InChI=1S/C21H28N6O2S/c1-21(2,3)17-14-15(23-24-17)20(28)27-11-9-26(10-12-27)8-4-7-18-22-19(25-29-18)16-6-5-13-30-16/h5-6,13-14H,4,7-12H2,1-3H3,(H,23,24). The number of nitrogens with one attached hydrogen (secondary N) is 1. The molecule has 1 fully saturated rings. The third kappa shape index (κ3) is 4.79. The molecule has 8 nitrogen and oxygen atoms in total. The smallest absolute Gasteiger partial charge is 0.274 e. The zero-order valence-electron chi connectivity index (χ0n) is 17.7. The molecule has 0 bridgehead atoms. The van der Waals surface area contributed by atoms with Crippen molar-refractivity contribution in [3.63, 3.8) is 0 Å². The van der Waals surface area contributed by atoms with Gasteiger partial charge in [-0.3, -0.25) is 14.8 Å². The van der Waals surface area contributed by atoms with Crippen LogP contribution < -0.4 is 0 Å². The van der Waals surface area contributed by atoms with Crippen LogP contribution in [0.1, 0.15) is 49.3 Å². The Morgan fingerprint density at radius 2 is 2.07 bits per heavy atom. The quantitative estimate of drug-likeness (QED) is 0.648. The predicted octanol–water partition coefficient (Wildman–Crippen LogP) is 3.21. The molecule has 4 heterocycles. The normalized spacial score (nSPS) is 15.6. The average Bonchev–Trinajstić information content (AvgIpc) is 3.48. The first-order chi connectivity index (χ1) is 14.4. The largest absolute Gasteiger partial charge is 0.339 e. The van der Waals surface area contributed by atoms with Gasteiger partial charge in [-0.2, -0.15) is 10.1 Å². The molecular formula is C21H28N6O2S. The monoisotopic (exact) mass is 428 g/mol. The highest BCUT2D eigenvalue weighted by Gasteiger charge is 2.25. The number of amides is 1. The summed E-state index contributed by atoms with van der Waals surface area (Å²) >= 11 is 1.61. The van der Waals surface area contributed by atoms with E-state index in [1.165, 1.54) is 0 Å². The number of carbonyl (C=O) groups is 1.